The summed E-state index contributed by atoms with van der Waals surface area (Å²) in [6, 6.07) is 9.78. The second-order valence-electron chi connectivity index (χ2n) is 2.99. The zero-order chi connectivity index (χ0) is 10.5. The molecule has 78 valence electrons. The van der Waals surface area contributed by atoms with Crippen LogP contribution < -0.4 is 10.5 Å². The lowest BCUT2D eigenvalue weighted by molar-refractivity contribution is 0.249. The van der Waals surface area contributed by atoms with E-state index in [0.29, 0.717) is 18.2 Å². The van der Waals surface area contributed by atoms with Crippen LogP contribution in [0.2, 0.25) is 0 Å². The first-order chi connectivity index (χ1) is 7.40. The smallest absolute Gasteiger partial charge is 0.280 e. The van der Waals surface area contributed by atoms with E-state index in [2.05, 4.69) is 14.9 Å². The average Bonchev–Trinajstić information content (AvgIpc) is 2.75. The Hall–Kier alpha value is -1.88. The molecule has 5 nitrogen and oxygen atoms in total. The van der Waals surface area contributed by atoms with Gasteiger partial charge >= 0.3 is 0 Å². The van der Waals surface area contributed by atoms with Crippen LogP contribution >= 0.6 is 0 Å². The standard InChI is InChI=1S/C10H11N3O2/c11-6-9-10(13-15-12-9)14-7-8-4-2-1-3-5-8/h1-5H,6-7,11H2. The molecule has 0 aliphatic carbocycles. The molecule has 0 atom stereocenters. The Kier molecular flexibility index (Phi) is 2.94. The van der Waals surface area contributed by atoms with Gasteiger partial charge in [-0.25, -0.2) is 4.63 Å². The third-order valence-electron chi connectivity index (χ3n) is 1.93. The maximum Gasteiger partial charge on any atom is 0.280 e. The molecule has 0 bridgehead atoms. The molecule has 0 fully saturated rings. The summed E-state index contributed by atoms with van der Waals surface area (Å²) in [5.74, 6) is 0.362. The number of rotatable bonds is 4. The first-order valence-electron chi connectivity index (χ1n) is 4.58. The van der Waals surface area contributed by atoms with Gasteiger partial charge in [-0.2, -0.15) is 0 Å². The molecule has 1 heterocycles. The second-order valence-corrected chi connectivity index (χ2v) is 2.99. The van der Waals surface area contributed by atoms with Crippen LogP contribution in [0.3, 0.4) is 0 Å². The molecule has 0 unspecified atom stereocenters. The van der Waals surface area contributed by atoms with Gasteiger partial charge < -0.3 is 10.5 Å². The quantitative estimate of drug-likeness (QED) is 0.809. The van der Waals surface area contributed by atoms with Crippen molar-refractivity contribution < 1.29 is 9.37 Å². The van der Waals surface area contributed by atoms with E-state index >= 15 is 0 Å². The maximum absolute atomic E-state index is 5.42. The molecular weight excluding hydrogens is 194 g/mol. The van der Waals surface area contributed by atoms with Crippen LogP contribution in [0.4, 0.5) is 0 Å². The summed E-state index contributed by atoms with van der Waals surface area (Å²) in [6.45, 7) is 0.690. The van der Waals surface area contributed by atoms with Gasteiger partial charge in [0.1, 0.15) is 6.61 Å². The molecule has 0 aliphatic heterocycles. The predicted octanol–water partition coefficient (Wildman–Crippen LogP) is 1.11. The molecule has 0 radical (unpaired) electrons. The van der Waals surface area contributed by atoms with Crippen molar-refractivity contribution in [1.29, 1.82) is 0 Å². The van der Waals surface area contributed by atoms with Gasteiger partial charge in [0, 0.05) is 6.54 Å². The Balaban J connectivity index is 1.99. The lowest BCUT2D eigenvalue weighted by Crippen LogP contribution is -2.02. The van der Waals surface area contributed by atoms with E-state index < -0.39 is 0 Å². The lowest BCUT2D eigenvalue weighted by atomic mass is 10.2. The second kappa shape index (κ2) is 4.56. The van der Waals surface area contributed by atoms with Gasteiger partial charge in [-0.15, -0.1) is 0 Å². The molecule has 2 N–H and O–H groups in total. The van der Waals surface area contributed by atoms with Crippen LogP contribution in [-0.4, -0.2) is 10.3 Å². The highest BCUT2D eigenvalue weighted by Gasteiger charge is 2.08. The molecule has 0 amide bonds. The van der Waals surface area contributed by atoms with Crippen molar-refractivity contribution >= 4 is 0 Å². The van der Waals surface area contributed by atoms with Crippen molar-refractivity contribution in [3.63, 3.8) is 0 Å². The van der Waals surface area contributed by atoms with Crippen molar-refractivity contribution in [3.8, 4) is 5.88 Å². The van der Waals surface area contributed by atoms with Gasteiger partial charge in [0.05, 0.1) is 0 Å². The summed E-state index contributed by atoms with van der Waals surface area (Å²) >= 11 is 0. The van der Waals surface area contributed by atoms with Crippen LogP contribution in [0, 0.1) is 0 Å². The first-order valence-corrected chi connectivity index (χ1v) is 4.58. The molecule has 2 rings (SSSR count). The monoisotopic (exact) mass is 205 g/mol. The molecule has 0 saturated carbocycles. The van der Waals surface area contributed by atoms with E-state index in [1.54, 1.807) is 0 Å². The summed E-state index contributed by atoms with van der Waals surface area (Å²) in [7, 11) is 0. The van der Waals surface area contributed by atoms with Gasteiger partial charge in [0.15, 0.2) is 5.69 Å². The van der Waals surface area contributed by atoms with E-state index in [1.165, 1.54) is 0 Å². The fourth-order valence-electron chi connectivity index (χ4n) is 1.16. The number of aromatic nitrogens is 2. The van der Waals surface area contributed by atoms with Crippen LogP contribution in [-0.2, 0) is 13.2 Å². The minimum Gasteiger partial charge on any atom is -0.469 e. The average molecular weight is 205 g/mol. The van der Waals surface area contributed by atoms with Crippen molar-refractivity contribution in [2.24, 2.45) is 5.73 Å². The minimum absolute atomic E-state index is 0.258. The van der Waals surface area contributed by atoms with Crippen molar-refractivity contribution in [2.45, 2.75) is 13.2 Å². The predicted molar refractivity (Wildman–Crippen MR) is 53.0 cm³/mol. The molecule has 5 heteroatoms. The van der Waals surface area contributed by atoms with Crippen LogP contribution in [0.15, 0.2) is 35.0 Å². The van der Waals surface area contributed by atoms with E-state index in [-0.39, 0.29) is 6.54 Å². The van der Waals surface area contributed by atoms with Crippen LogP contribution in [0.5, 0.6) is 5.88 Å². The number of nitrogens with zero attached hydrogens (tertiary/aromatic N) is 2. The fraction of sp³-hybridized carbons (Fsp3) is 0.200. The Morgan fingerprint density at radius 3 is 2.73 bits per heavy atom. The van der Waals surface area contributed by atoms with Crippen molar-refractivity contribution in [3.05, 3.63) is 41.6 Å². The Labute approximate surface area is 86.8 Å². The Morgan fingerprint density at radius 1 is 1.20 bits per heavy atom. The highest BCUT2D eigenvalue weighted by molar-refractivity contribution is 5.17. The number of nitrogens with two attached hydrogens (primary N) is 1. The Bertz CT molecular complexity index is 414. The van der Waals surface area contributed by atoms with Gasteiger partial charge in [-0.3, -0.25) is 0 Å². The van der Waals surface area contributed by atoms with Crippen LogP contribution in [0.1, 0.15) is 11.3 Å². The van der Waals surface area contributed by atoms with E-state index in [1.807, 2.05) is 30.3 Å². The molecular formula is C10H11N3O2. The molecule has 0 spiro atoms. The summed E-state index contributed by atoms with van der Waals surface area (Å²) in [4.78, 5) is 0. The topological polar surface area (TPSA) is 74.2 Å². The summed E-state index contributed by atoms with van der Waals surface area (Å²) in [5.41, 5.74) is 7.01. The van der Waals surface area contributed by atoms with Crippen LogP contribution in [0.25, 0.3) is 0 Å². The molecule has 0 saturated heterocycles. The number of ether oxygens (including phenoxy) is 1. The number of benzene rings is 1. The van der Waals surface area contributed by atoms with E-state index in [0.717, 1.165) is 5.56 Å². The van der Waals surface area contributed by atoms with Crippen molar-refractivity contribution in [2.75, 3.05) is 0 Å². The zero-order valence-electron chi connectivity index (χ0n) is 8.09. The van der Waals surface area contributed by atoms with E-state index in [4.69, 9.17) is 10.5 Å². The molecule has 0 aliphatic rings. The largest absolute Gasteiger partial charge is 0.469 e. The molecule has 2 aromatic rings. The van der Waals surface area contributed by atoms with Gasteiger partial charge in [0.2, 0.25) is 0 Å². The normalized spacial score (nSPS) is 10.2. The fourth-order valence-corrected chi connectivity index (χ4v) is 1.16. The van der Waals surface area contributed by atoms with Gasteiger partial charge in [0.25, 0.3) is 5.88 Å². The van der Waals surface area contributed by atoms with Crippen molar-refractivity contribution in [1.82, 2.24) is 10.3 Å². The molecule has 1 aromatic carbocycles. The third-order valence-corrected chi connectivity index (χ3v) is 1.93. The van der Waals surface area contributed by atoms with Gasteiger partial charge in [-0.05, 0) is 15.9 Å². The highest BCUT2D eigenvalue weighted by Crippen LogP contribution is 2.13. The maximum atomic E-state index is 5.42. The first kappa shape index (κ1) is 9.67. The molecule has 1 aromatic heterocycles. The zero-order valence-corrected chi connectivity index (χ0v) is 8.09. The lowest BCUT2D eigenvalue weighted by Gasteiger charge is -2.02. The molecule has 15 heavy (non-hydrogen) atoms. The number of hydrogen-bond acceptors (Lipinski definition) is 5. The summed E-state index contributed by atoms with van der Waals surface area (Å²) in [5, 5.41) is 7.22. The van der Waals surface area contributed by atoms with E-state index in [9.17, 15) is 0 Å². The minimum atomic E-state index is 0.258. The summed E-state index contributed by atoms with van der Waals surface area (Å²) < 4.78 is 9.93. The number of hydrogen-bond donors (Lipinski definition) is 1. The SMILES string of the molecule is NCc1nonc1OCc1ccccc1. The third kappa shape index (κ3) is 2.32. The Morgan fingerprint density at radius 2 is 2.00 bits per heavy atom. The van der Waals surface area contributed by atoms with Gasteiger partial charge in [-0.1, -0.05) is 30.3 Å². The highest BCUT2D eigenvalue weighted by atomic mass is 16.6. The summed E-state index contributed by atoms with van der Waals surface area (Å²) in [6.07, 6.45) is 0.